The Morgan fingerprint density at radius 2 is 0.904 bits per heavy atom. The zero-order valence-corrected chi connectivity index (χ0v) is 29.8. The van der Waals surface area contributed by atoms with E-state index in [2.05, 4.69) is 140 Å². The van der Waals surface area contributed by atoms with Crippen LogP contribution in [-0.4, -0.2) is 23.0 Å². The van der Waals surface area contributed by atoms with Crippen LogP contribution in [0.3, 0.4) is 0 Å². The number of fused-ring (bicyclic) bond motifs is 6. The molecule has 1 aliphatic heterocycles. The molecule has 0 N–H and O–H groups in total. The van der Waals surface area contributed by atoms with Crippen LogP contribution in [0.5, 0.6) is 0 Å². The molecule has 0 unspecified atom stereocenters. The van der Waals surface area contributed by atoms with Gasteiger partial charge in [-0.1, -0.05) is 159 Å². The summed E-state index contributed by atoms with van der Waals surface area (Å²) in [6.45, 7) is 4.91. The van der Waals surface area contributed by atoms with E-state index in [-0.39, 0.29) is 0 Å². The molecule has 0 bridgehead atoms. The highest BCUT2D eigenvalue weighted by molar-refractivity contribution is 7.03. The lowest BCUT2D eigenvalue weighted by atomic mass is 9.96. The summed E-state index contributed by atoms with van der Waals surface area (Å²) in [7, 11) is -2.05. The van der Waals surface area contributed by atoms with Crippen molar-refractivity contribution in [3.05, 3.63) is 164 Å². The van der Waals surface area contributed by atoms with Crippen molar-refractivity contribution in [1.29, 1.82) is 0 Å². The molecule has 0 spiro atoms. The van der Waals surface area contributed by atoms with Crippen molar-refractivity contribution in [2.45, 2.75) is 13.1 Å². The van der Waals surface area contributed by atoms with E-state index in [1.165, 1.54) is 32.6 Å². The Morgan fingerprint density at radius 3 is 1.60 bits per heavy atom. The van der Waals surface area contributed by atoms with Gasteiger partial charge in [-0.2, -0.15) is 0 Å². The van der Waals surface area contributed by atoms with Gasteiger partial charge in [0.1, 0.15) is 19.2 Å². The van der Waals surface area contributed by atoms with Gasteiger partial charge in [0, 0.05) is 27.5 Å². The Hall–Kier alpha value is -6.43. The first-order valence-corrected chi connectivity index (χ1v) is 20.7. The van der Waals surface area contributed by atoms with E-state index in [1.807, 2.05) is 36.4 Å². The summed E-state index contributed by atoms with van der Waals surface area (Å²) in [5, 5.41) is 5.02. The molecule has 4 nitrogen and oxygen atoms in total. The summed E-state index contributed by atoms with van der Waals surface area (Å²) in [5.74, 6) is 1.90. The smallest absolute Gasteiger partial charge is 0.164 e. The van der Waals surface area contributed by atoms with E-state index in [0.717, 1.165) is 49.8 Å². The lowest BCUT2D eigenvalue weighted by molar-refractivity contribution is 0.669. The normalized spacial score (nSPS) is 13.0. The molecule has 1 aliphatic rings. The molecule has 0 aliphatic carbocycles. The van der Waals surface area contributed by atoms with Gasteiger partial charge in [-0.25, -0.2) is 15.0 Å². The maximum absolute atomic E-state index is 6.41. The molecule has 3 heterocycles. The molecule has 2 aromatic heterocycles. The van der Waals surface area contributed by atoms with Crippen molar-refractivity contribution >= 4 is 40.4 Å². The Kier molecular flexibility index (Phi) is 6.91. The number of rotatable bonds is 5. The number of benzene rings is 7. The van der Waals surface area contributed by atoms with E-state index in [4.69, 9.17) is 19.4 Å². The summed E-state index contributed by atoms with van der Waals surface area (Å²) >= 11 is 0. The average Bonchev–Trinajstić information content (AvgIpc) is 3.68. The molecule has 0 saturated carbocycles. The van der Waals surface area contributed by atoms with Crippen molar-refractivity contribution in [2.75, 3.05) is 0 Å². The second-order valence-electron chi connectivity index (χ2n) is 14.0. The van der Waals surface area contributed by atoms with E-state index < -0.39 is 8.07 Å². The van der Waals surface area contributed by atoms with Crippen LogP contribution >= 0.6 is 0 Å². The minimum absolute atomic E-state index is 0.609. The molecule has 7 aromatic carbocycles. The lowest BCUT2D eigenvalue weighted by Gasteiger charge is -2.20. The molecule has 0 radical (unpaired) electrons. The Labute approximate surface area is 303 Å². The summed E-state index contributed by atoms with van der Waals surface area (Å²) in [5.41, 5.74) is 11.8. The van der Waals surface area contributed by atoms with E-state index in [1.54, 1.807) is 0 Å². The topological polar surface area (TPSA) is 51.8 Å². The van der Waals surface area contributed by atoms with Crippen LogP contribution in [0.2, 0.25) is 13.1 Å². The average molecular weight is 684 g/mol. The van der Waals surface area contributed by atoms with Crippen molar-refractivity contribution in [3.8, 4) is 67.5 Å². The number of aromatic nitrogens is 3. The van der Waals surface area contributed by atoms with Gasteiger partial charge in [-0.3, -0.25) is 0 Å². The number of nitrogens with zero attached hydrogens (tertiary/aromatic N) is 3. The van der Waals surface area contributed by atoms with Crippen LogP contribution in [0, 0.1) is 0 Å². The molecule has 52 heavy (non-hydrogen) atoms. The molecule has 0 amide bonds. The second-order valence-corrected chi connectivity index (χ2v) is 18.4. The van der Waals surface area contributed by atoms with Crippen molar-refractivity contribution in [3.63, 3.8) is 0 Å². The van der Waals surface area contributed by atoms with E-state index in [9.17, 15) is 0 Å². The molecule has 9 aromatic rings. The van der Waals surface area contributed by atoms with E-state index >= 15 is 0 Å². The Morgan fingerprint density at radius 1 is 0.365 bits per heavy atom. The Balaban J connectivity index is 1.16. The van der Waals surface area contributed by atoms with Crippen LogP contribution < -0.4 is 10.4 Å². The monoisotopic (exact) mass is 683 g/mol. The number of hydrogen-bond acceptors (Lipinski definition) is 4. The van der Waals surface area contributed by atoms with Crippen LogP contribution in [-0.2, 0) is 0 Å². The first-order valence-electron chi connectivity index (χ1n) is 17.7. The molecule has 5 heteroatoms. The highest BCUT2D eigenvalue weighted by Crippen LogP contribution is 2.40. The van der Waals surface area contributed by atoms with E-state index in [0.29, 0.717) is 17.5 Å². The fraction of sp³-hybridized carbons (Fsp3) is 0.0426. The maximum Gasteiger partial charge on any atom is 0.164 e. The summed E-state index contributed by atoms with van der Waals surface area (Å²) < 4.78 is 6.41. The molecular formula is C47H33N3OSi. The fourth-order valence-electron chi connectivity index (χ4n) is 7.84. The SMILES string of the molecule is C[Si]1(C)c2cc(-c3ccccc3)ccc2-c2ccc(-c3nc(-c4ccccc4)nc(-c4cc5oc6ccccc6c5cc4-c4ccccc4)n3)cc21. The van der Waals surface area contributed by atoms with Gasteiger partial charge in [0.15, 0.2) is 17.5 Å². The summed E-state index contributed by atoms with van der Waals surface area (Å²) in [6, 6.07) is 57.6. The van der Waals surface area contributed by atoms with Gasteiger partial charge in [0.25, 0.3) is 0 Å². The zero-order valence-electron chi connectivity index (χ0n) is 28.8. The first kappa shape index (κ1) is 30.4. The minimum atomic E-state index is -2.05. The highest BCUT2D eigenvalue weighted by atomic mass is 28.3. The van der Waals surface area contributed by atoms with Crippen molar-refractivity contribution in [1.82, 2.24) is 15.0 Å². The molecule has 0 fully saturated rings. The maximum atomic E-state index is 6.41. The van der Waals surface area contributed by atoms with Gasteiger partial charge < -0.3 is 4.42 Å². The summed E-state index contributed by atoms with van der Waals surface area (Å²) in [4.78, 5) is 15.6. The van der Waals surface area contributed by atoms with Gasteiger partial charge in [-0.05, 0) is 62.0 Å². The minimum Gasteiger partial charge on any atom is -0.456 e. The van der Waals surface area contributed by atoms with Crippen molar-refractivity contribution in [2.24, 2.45) is 0 Å². The quantitative estimate of drug-likeness (QED) is 0.169. The third-order valence-corrected chi connectivity index (χ3v) is 14.1. The van der Waals surface area contributed by atoms with Crippen LogP contribution in [0.4, 0.5) is 0 Å². The van der Waals surface area contributed by atoms with Crippen LogP contribution in [0.25, 0.3) is 89.5 Å². The van der Waals surface area contributed by atoms with Crippen LogP contribution in [0.1, 0.15) is 0 Å². The fourth-order valence-corrected chi connectivity index (χ4v) is 10.9. The second kappa shape index (κ2) is 11.8. The highest BCUT2D eigenvalue weighted by Gasteiger charge is 2.38. The summed E-state index contributed by atoms with van der Waals surface area (Å²) in [6.07, 6.45) is 0. The molecular weight excluding hydrogens is 651 g/mol. The molecule has 246 valence electrons. The van der Waals surface area contributed by atoms with Gasteiger partial charge in [0.05, 0.1) is 0 Å². The lowest BCUT2D eigenvalue weighted by Crippen LogP contribution is -2.49. The number of furan rings is 1. The third kappa shape index (κ3) is 4.93. The number of para-hydroxylation sites is 1. The zero-order chi connectivity index (χ0) is 34.8. The Bertz CT molecular complexity index is 2810. The number of hydrogen-bond donors (Lipinski definition) is 0. The predicted octanol–water partition coefficient (Wildman–Crippen LogP) is 10.9. The molecule has 0 atom stereocenters. The van der Waals surface area contributed by atoms with Crippen molar-refractivity contribution < 1.29 is 4.42 Å². The third-order valence-electron chi connectivity index (χ3n) is 10.6. The van der Waals surface area contributed by atoms with Gasteiger partial charge in [-0.15, -0.1) is 0 Å². The van der Waals surface area contributed by atoms with Gasteiger partial charge >= 0.3 is 0 Å². The predicted molar refractivity (Wildman–Crippen MR) is 216 cm³/mol. The first-order chi connectivity index (χ1) is 25.5. The largest absolute Gasteiger partial charge is 0.456 e. The van der Waals surface area contributed by atoms with Gasteiger partial charge in [0.2, 0.25) is 0 Å². The standard InChI is InChI=1S/C47H33N3OSi/c1-52(2)43-26-33(30-14-6-3-7-15-30)22-24-36(43)37-25-23-34(27-44(37)52)46-48-45(32-18-10-5-11-19-32)49-47(50-46)40-29-42-39(35-20-12-13-21-41(35)51-42)28-38(40)31-16-8-4-9-17-31/h3-29H,1-2H3. The molecule has 0 saturated heterocycles. The van der Waals surface area contributed by atoms with Crippen LogP contribution in [0.15, 0.2) is 168 Å². The molecule has 10 rings (SSSR count).